The van der Waals surface area contributed by atoms with Crippen LogP contribution in [0.4, 0.5) is 0 Å². The number of nitriles is 1. The van der Waals surface area contributed by atoms with Crippen LogP contribution in [0, 0.1) is 17.2 Å². The second-order valence-electron chi connectivity index (χ2n) is 7.10. The highest BCUT2D eigenvalue weighted by atomic mass is 16.1. The molecule has 2 unspecified atom stereocenters. The Labute approximate surface area is 148 Å². The Morgan fingerprint density at radius 1 is 1.08 bits per heavy atom. The van der Waals surface area contributed by atoms with Crippen LogP contribution in [-0.2, 0) is 6.54 Å². The summed E-state index contributed by atoms with van der Waals surface area (Å²) in [4.78, 5) is 19.6. The summed E-state index contributed by atoms with van der Waals surface area (Å²) >= 11 is 0. The van der Waals surface area contributed by atoms with Gasteiger partial charge in [-0.2, -0.15) is 5.26 Å². The summed E-state index contributed by atoms with van der Waals surface area (Å²) in [6.07, 6.45) is 4.15. The van der Waals surface area contributed by atoms with Gasteiger partial charge in [-0.1, -0.05) is 36.4 Å². The minimum atomic E-state index is 0.0333. The molecule has 0 spiro atoms. The molecule has 0 amide bonds. The number of pyridine rings is 1. The van der Waals surface area contributed by atoms with Crippen molar-refractivity contribution in [2.45, 2.75) is 44.3 Å². The molecule has 1 aromatic carbocycles. The zero-order valence-electron chi connectivity index (χ0n) is 14.1. The van der Waals surface area contributed by atoms with Crippen LogP contribution in [0.5, 0.6) is 0 Å². The van der Waals surface area contributed by atoms with Crippen LogP contribution < -0.4 is 0 Å². The van der Waals surface area contributed by atoms with Crippen LogP contribution >= 0.6 is 0 Å². The SMILES string of the molecule is N#Cc1cccc(C(=O)C2CC3CCC(C2)N3Cc2ccccc2)n1. The van der Waals surface area contributed by atoms with Crippen LogP contribution in [0.15, 0.2) is 48.5 Å². The van der Waals surface area contributed by atoms with E-state index in [4.69, 9.17) is 5.26 Å². The Balaban J connectivity index is 1.47. The number of nitrogens with zero attached hydrogens (tertiary/aromatic N) is 3. The van der Waals surface area contributed by atoms with Crippen molar-refractivity contribution in [2.24, 2.45) is 5.92 Å². The Morgan fingerprint density at radius 2 is 1.80 bits per heavy atom. The number of benzene rings is 1. The van der Waals surface area contributed by atoms with Gasteiger partial charge in [0.25, 0.3) is 0 Å². The third-order valence-corrected chi connectivity index (χ3v) is 5.58. The molecule has 0 radical (unpaired) electrons. The topological polar surface area (TPSA) is 57.0 Å². The Kier molecular flexibility index (Phi) is 4.33. The van der Waals surface area contributed by atoms with Gasteiger partial charge in [-0.25, -0.2) is 4.98 Å². The van der Waals surface area contributed by atoms with Gasteiger partial charge in [0, 0.05) is 24.5 Å². The highest BCUT2D eigenvalue weighted by Gasteiger charge is 2.43. The van der Waals surface area contributed by atoms with Gasteiger partial charge >= 0.3 is 0 Å². The van der Waals surface area contributed by atoms with Crippen LogP contribution in [0.1, 0.15) is 47.4 Å². The molecular weight excluding hydrogens is 310 g/mol. The van der Waals surface area contributed by atoms with Crippen molar-refractivity contribution >= 4 is 5.78 Å². The summed E-state index contributed by atoms with van der Waals surface area (Å²) in [5.74, 6) is 0.138. The first-order valence-corrected chi connectivity index (χ1v) is 8.95. The van der Waals surface area contributed by atoms with Crippen molar-refractivity contribution in [2.75, 3.05) is 0 Å². The van der Waals surface area contributed by atoms with Crippen LogP contribution in [-0.4, -0.2) is 27.8 Å². The smallest absolute Gasteiger partial charge is 0.184 e. The third-order valence-electron chi connectivity index (χ3n) is 5.58. The Hall–Kier alpha value is -2.51. The third kappa shape index (κ3) is 3.20. The van der Waals surface area contributed by atoms with Gasteiger partial charge in [0.15, 0.2) is 5.78 Å². The second-order valence-corrected chi connectivity index (χ2v) is 7.10. The van der Waals surface area contributed by atoms with Crippen molar-refractivity contribution < 1.29 is 4.79 Å². The molecule has 126 valence electrons. The number of carbonyl (C=O) groups is 1. The second kappa shape index (κ2) is 6.78. The van der Waals surface area contributed by atoms with E-state index in [9.17, 15) is 4.79 Å². The number of piperidine rings is 1. The lowest BCUT2D eigenvalue weighted by Gasteiger charge is -2.38. The first-order valence-electron chi connectivity index (χ1n) is 8.95. The molecule has 2 bridgehead atoms. The van der Waals surface area contributed by atoms with E-state index < -0.39 is 0 Å². The van der Waals surface area contributed by atoms with Crippen molar-refractivity contribution in [3.63, 3.8) is 0 Å². The summed E-state index contributed by atoms with van der Waals surface area (Å²) in [7, 11) is 0. The van der Waals surface area contributed by atoms with Crippen LogP contribution in [0.3, 0.4) is 0 Å². The van der Waals surface area contributed by atoms with E-state index in [1.165, 1.54) is 18.4 Å². The van der Waals surface area contributed by atoms with E-state index in [1.54, 1.807) is 18.2 Å². The molecule has 4 nitrogen and oxygen atoms in total. The average Bonchev–Trinajstić information content (AvgIpc) is 2.90. The lowest BCUT2D eigenvalue weighted by atomic mass is 9.85. The number of rotatable bonds is 4. The zero-order valence-corrected chi connectivity index (χ0v) is 14.1. The van der Waals surface area contributed by atoms with Crippen LogP contribution in [0.2, 0.25) is 0 Å². The molecule has 25 heavy (non-hydrogen) atoms. The quantitative estimate of drug-likeness (QED) is 0.804. The number of hydrogen-bond donors (Lipinski definition) is 0. The number of hydrogen-bond acceptors (Lipinski definition) is 4. The summed E-state index contributed by atoms with van der Waals surface area (Å²) in [6, 6.07) is 18.7. The monoisotopic (exact) mass is 331 g/mol. The van der Waals surface area contributed by atoms with Gasteiger partial charge in [-0.3, -0.25) is 9.69 Å². The minimum absolute atomic E-state index is 0.0333. The maximum Gasteiger partial charge on any atom is 0.184 e. The lowest BCUT2D eigenvalue weighted by Crippen LogP contribution is -2.44. The highest BCUT2D eigenvalue weighted by Crippen LogP contribution is 2.40. The molecule has 2 fully saturated rings. The fraction of sp³-hybridized carbons (Fsp3) is 0.381. The molecule has 0 saturated carbocycles. The summed E-state index contributed by atoms with van der Waals surface area (Å²) in [6.45, 7) is 0.971. The highest BCUT2D eigenvalue weighted by molar-refractivity contribution is 5.96. The number of Topliss-reactive ketones (excluding diaryl/α,β-unsaturated/α-hetero) is 1. The van der Waals surface area contributed by atoms with Gasteiger partial charge in [-0.15, -0.1) is 0 Å². The molecule has 2 atom stereocenters. The van der Waals surface area contributed by atoms with Gasteiger partial charge in [-0.05, 0) is 43.4 Å². The molecule has 2 saturated heterocycles. The number of fused-ring (bicyclic) bond motifs is 2. The van der Waals surface area contributed by atoms with Gasteiger partial charge < -0.3 is 0 Å². The predicted molar refractivity (Wildman–Crippen MR) is 94.8 cm³/mol. The van der Waals surface area contributed by atoms with Crippen molar-refractivity contribution in [3.8, 4) is 6.07 Å². The lowest BCUT2D eigenvalue weighted by molar-refractivity contribution is 0.0674. The molecule has 3 heterocycles. The predicted octanol–water partition coefficient (Wildman–Crippen LogP) is 3.58. The fourth-order valence-corrected chi connectivity index (χ4v) is 4.38. The molecule has 2 aromatic rings. The van der Waals surface area contributed by atoms with E-state index >= 15 is 0 Å². The van der Waals surface area contributed by atoms with Gasteiger partial charge in [0.05, 0.1) is 0 Å². The van der Waals surface area contributed by atoms with Gasteiger partial charge in [0.1, 0.15) is 17.5 Å². The zero-order chi connectivity index (χ0) is 17.2. The first kappa shape index (κ1) is 16.0. The van der Waals surface area contributed by atoms with Crippen molar-refractivity contribution in [1.82, 2.24) is 9.88 Å². The number of aromatic nitrogens is 1. The van der Waals surface area contributed by atoms with E-state index in [0.717, 1.165) is 19.4 Å². The summed E-state index contributed by atoms with van der Waals surface area (Å²) < 4.78 is 0. The van der Waals surface area contributed by atoms with Crippen LogP contribution in [0.25, 0.3) is 0 Å². The Morgan fingerprint density at radius 3 is 2.48 bits per heavy atom. The molecular formula is C21H21N3O. The normalized spacial score (nSPS) is 25.5. The maximum atomic E-state index is 12.9. The molecule has 4 rings (SSSR count). The fourth-order valence-electron chi connectivity index (χ4n) is 4.38. The van der Waals surface area contributed by atoms with Crippen molar-refractivity contribution in [1.29, 1.82) is 5.26 Å². The molecule has 0 aliphatic carbocycles. The molecule has 4 heteroatoms. The van der Waals surface area contributed by atoms with E-state index in [1.807, 2.05) is 12.1 Å². The summed E-state index contributed by atoms with van der Waals surface area (Å²) in [5.41, 5.74) is 2.10. The largest absolute Gasteiger partial charge is 0.293 e. The standard InChI is InChI=1S/C21H21N3O/c22-13-17-7-4-8-20(23-17)21(25)16-11-18-9-10-19(12-16)24(18)14-15-5-2-1-3-6-15/h1-8,16,18-19H,9-12,14H2. The summed E-state index contributed by atoms with van der Waals surface area (Å²) in [5, 5.41) is 8.99. The van der Waals surface area contributed by atoms with Crippen molar-refractivity contribution in [3.05, 3.63) is 65.5 Å². The molecule has 0 N–H and O–H groups in total. The number of ketones is 1. The molecule has 2 aliphatic rings. The van der Waals surface area contributed by atoms with E-state index in [-0.39, 0.29) is 11.7 Å². The number of carbonyl (C=O) groups excluding carboxylic acids is 1. The van der Waals surface area contributed by atoms with Gasteiger partial charge in [0.2, 0.25) is 0 Å². The Bertz CT molecular complexity index is 797. The molecule has 1 aromatic heterocycles. The minimum Gasteiger partial charge on any atom is -0.293 e. The first-order chi connectivity index (χ1) is 12.2. The molecule has 2 aliphatic heterocycles. The maximum absolute atomic E-state index is 12.9. The van der Waals surface area contributed by atoms with E-state index in [2.05, 4.69) is 34.1 Å². The average molecular weight is 331 g/mol. The van der Waals surface area contributed by atoms with E-state index in [0.29, 0.717) is 23.5 Å².